The molecule has 4 heteroatoms. The van der Waals surface area contributed by atoms with Gasteiger partial charge in [0, 0.05) is 5.75 Å². The number of thioether (sulfide) groups is 1. The van der Waals surface area contributed by atoms with Crippen LogP contribution in [0.1, 0.15) is 26.3 Å². The van der Waals surface area contributed by atoms with E-state index in [-0.39, 0.29) is 5.97 Å². The van der Waals surface area contributed by atoms with E-state index in [1.807, 2.05) is 30.3 Å². The normalized spacial score (nSPS) is 14.3. The van der Waals surface area contributed by atoms with Gasteiger partial charge >= 0.3 is 5.97 Å². The molecule has 0 amide bonds. The van der Waals surface area contributed by atoms with Crippen LogP contribution in [0.2, 0.25) is 0 Å². The monoisotopic (exact) mass is 267 g/mol. The number of nitrogens with two attached hydrogens (primary N) is 1. The molecule has 0 spiro atoms. The molecule has 2 N–H and O–H groups in total. The lowest BCUT2D eigenvalue weighted by Crippen LogP contribution is -2.48. The lowest BCUT2D eigenvalue weighted by Gasteiger charge is -2.28. The quantitative estimate of drug-likeness (QED) is 0.805. The molecule has 0 aliphatic rings. The number of carbonyl (C=O) groups excluding carboxylic acids is 1. The van der Waals surface area contributed by atoms with E-state index < -0.39 is 5.54 Å². The fourth-order valence-corrected chi connectivity index (χ4v) is 2.43. The maximum absolute atomic E-state index is 12.1. The Balaban J connectivity index is 2.97. The standard InChI is InChI=1S/C14H21NO2S/c1-4-17-13(16)14(15,10-18-11(2)3)12-8-6-5-7-9-12/h5-9,11H,4,10,15H2,1-3H3. The smallest absolute Gasteiger partial charge is 0.331 e. The van der Waals surface area contributed by atoms with Crippen LogP contribution in [-0.2, 0) is 15.1 Å². The summed E-state index contributed by atoms with van der Waals surface area (Å²) in [5.41, 5.74) is 6.04. The van der Waals surface area contributed by atoms with Crippen LogP contribution in [0, 0.1) is 0 Å². The van der Waals surface area contributed by atoms with E-state index in [0.29, 0.717) is 17.6 Å². The van der Waals surface area contributed by atoms with Crippen molar-refractivity contribution >= 4 is 17.7 Å². The molecule has 0 fully saturated rings. The van der Waals surface area contributed by atoms with E-state index in [9.17, 15) is 4.79 Å². The third-order valence-electron chi connectivity index (χ3n) is 2.57. The van der Waals surface area contributed by atoms with Gasteiger partial charge in [0.25, 0.3) is 0 Å². The summed E-state index contributed by atoms with van der Waals surface area (Å²) in [6, 6.07) is 9.42. The van der Waals surface area contributed by atoms with E-state index in [0.717, 1.165) is 5.56 Å². The van der Waals surface area contributed by atoms with Crippen molar-refractivity contribution in [2.75, 3.05) is 12.4 Å². The minimum Gasteiger partial charge on any atom is -0.464 e. The summed E-state index contributed by atoms with van der Waals surface area (Å²) in [5.74, 6) is 0.164. The average Bonchev–Trinajstić information content (AvgIpc) is 2.37. The first-order valence-electron chi connectivity index (χ1n) is 6.14. The van der Waals surface area contributed by atoms with Crippen molar-refractivity contribution in [2.24, 2.45) is 5.73 Å². The Morgan fingerprint density at radius 3 is 2.50 bits per heavy atom. The maximum atomic E-state index is 12.1. The Morgan fingerprint density at radius 2 is 2.00 bits per heavy atom. The summed E-state index contributed by atoms with van der Waals surface area (Å²) in [4.78, 5) is 12.1. The van der Waals surface area contributed by atoms with Gasteiger partial charge < -0.3 is 10.5 Å². The number of benzene rings is 1. The van der Waals surface area contributed by atoms with Crippen LogP contribution in [0.25, 0.3) is 0 Å². The van der Waals surface area contributed by atoms with Gasteiger partial charge in [-0.05, 0) is 17.7 Å². The van der Waals surface area contributed by atoms with E-state index in [1.165, 1.54) is 0 Å². The van der Waals surface area contributed by atoms with Crippen LogP contribution < -0.4 is 5.73 Å². The number of carbonyl (C=O) groups is 1. The van der Waals surface area contributed by atoms with Crippen molar-refractivity contribution in [3.63, 3.8) is 0 Å². The summed E-state index contributed by atoms with van der Waals surface area (Å²) in [6.07, 6.45) is 0. The summed E-state index contributed by atoms with van der Waals surface area (Å²) in [5, 5.41) is 0.422. The minimum absolute atomic E-state index is 0.344. The van der Waals surface area contributed by atoms with Crippen LogP contribution in [-0.4, -0.2) is 23.6 Å². The van der Waals surface area contributed by atoms with Gasteiger partial charge in [-0.2, -0.15) is 11.8 Å². The molecule has 0 saturated carbocycles. The molecule has 0 aromatic heterocycles. The lowest BCUT2D eigenvalue weighted by molar-refractivity contribution is -0.149. The first-order valence-corrected chi connectivity index (χ1v) is 7.18. The number of hydrogen-bond acceptors (Lipinski definition) is 4. The van der Waals surface area contributed by atoms with Gasteiger partial charge in [0.2, 0.25) is 0 Å². The Labute approximate surface area is 113 Å². The highest BCUT2D eigenvalue weighted by Gasteiger charge is 2.37. The Hall–Kier alpha value is -1.00. The predicted octanol–water partition coefficient (Wildman–Crippen LogP) is 2.55. The second kappa shape index (κ2) is 6.81. The molecule has 1 rings (SSSR count). The van der Waals surface area contributed by atoms with Crippen LogP contribution in [0.3, 0.4) is 0 Å². The molecule has 0 saturated heterocycles. The van der Waals surface area contributed by atoms with E-state index in [1.54, 1.807) is 18.7 Å². The molecule has 3 nitrogen and oxygen atoms in total. The van der Waals surface area contributed by atoms with E-state index in [4.69, 9.17) is 10.5 Å². The molecule has 0 bridgehead atoms. The zero-order chi connectivity index (χ0) is 13.6. The average molecular weight is 267 g/mol. The van der Waals surface area contributed by atoms with Crippen LogP contribution >= 0.6 is 11.8 Å². The van der Waals surface area contributed by atoms with Crippen LogP contribution in [0.5, 0.6) is 0 Å². The predicted molar refractivity (Wildman–Crippen MR) is 76.5 cm³/mol. The highest BCUT2D eigenvalue weighted by molar-refractivity contribution is 7.99. The van der Waals surface area contributed by atoms with Gasteiger partial charge in [0.05, 0.1) is 6.61 Å². The first-order chi connectivity index (χ1) is 8.50. The van der Waals surface area contributed by atoms with Gasteiger partial charge in [-0.25, -0.2) is 4.79 Å². The number of rotatable bonds is 6. The molecule has 1 aromatic rings. The van der Waals surface area contributed by atoms with Crippen molar-refractivity contribution in [2.45, 2.75) is 31.6 Å². The van der Waals surface area contributed by atoms with Crippen LogP contribution in [0.4, 0.5) is 0 Å². The van der Waals surface area contributed by atoms with Gasteiger partial charge in [0.1, 0.15) is 5.54 Å². The van der Waals surface area contributed by atoms with Gasteiger partial charge in [-0.1, -0.05) is 44.2 Å². The van der Waals surface area contributed by atoms with Gasteiger partial charge in [-0.15, -0.1) is 0 Å². The fraction of sp³-hybridized carbons (Fsp3) is 0.500. The molecule has 18 heavy (non-hydrogen) atoms. The molecule has 0 heterocycles. The molecule has 0 aliphatic heterocycles. The molecular weight excluding hydrogens is 246 g/mol. The second-order valence-corrected chi connectivity index (χ2v) is 5.98. The number of hydrogen-bond donors (Lipinski definition) is 1. The van der Waals surface area contributed by atoms with E-state index in [2.05, 4.69) is 13.8 Å². The second-order valence-electron chi connectivity index (χ2n) is 4.42. The zero-order valence-electron chi connectivity index (χ0n) is 11.2. The van der Waals surface area contributed by atoms with Gasteiger partial charge in [0.15, 0.2) is 0 Å². The van der Waals surface area contributed by atoms with Crippen molar-refractivity contribution in [1.29, 1.82) is 0 Å². The largest absolute Gasteiger partial charge is 0.464 e. The van der Waals surface area contributed by atoms with Crippen molar-refractivity contribution < 1.29 is 9.53 Å². The summed E-state index contributed by atoms with van der Waals surface area (Å²) in [6.45, 7) is 6.30. The highest BCUT2D eigenvalue weighted by Crippen LogP contribution is 2.26. The third kappa shape index (κ3) is 3.75. The lowest BCUT2D eigenvalue weighted by atomic mass is 9.93. The summed E-state index contributed by atoms with van der Waals surface area (Å²) < 4.78 is 5.12. The van der Waals surface area contributed by atoms with Crippen molar-refractivity contribution in [1.82, 2.24) is 0 Å². The molecule has 1 aromatic carbocycles. The summed E-state index contributed by atoms with van der Waals surface area (Å²) in [7, 11) is 0. The molecule has 1 unspecified atom stereocenters. The molecule has 0 radical (unpaired) electrons. The summed E-state index contributed by atoms with van der Waals surface area (Å²) >= 11 is 1.66. The fourth-order valence-electron chi connectivity index (χ4n) is 1.55. The van der Waals surface area contributed by atoms with Crippen molar-refractivity contribution in [3.8, 4) is 0 Å². The highest BCUT2D eigenvalue weighted by atomic mass is 32.2. The maximum Gasteiger partial charge on any atom is 0.331 e. The van der Waals surface area contributed by atoms with Gasteiger partial charge in [-0.3, -0.25) is 0 Å². The van der Waals surface area contributed by atoms with Crippen molar-refractivity contribution in [3.05, 3.63) is 35.9 Å². The minimum atomic E-state index is -1.06. The zero-order valence-corrected chi connectivity index (χ0v) is 12.0. The Bertz CT molecular complexity index is 381. The third-order valence-corrected chi connectivity index (χ3v) is 3.86. The molecule has 100 valence electrons. The van der Waals surface area contributed by atoms with Crippen LogP contribution in [0.15, 0.2) is 30.3 Å². The SMILES string of the molecule is CCOC(=O)C(N)(CSC(C)C)c1ccccc1. The molecular formula is C14H21NO2S. The molecule has 1 atom stereocenters. The number of ether oxygens (including phenoxy) is 1. The topological polar surface area (TPSA) is 52.3 Å². The first kappa shape index (κ1) is 15.1. The van der Waals surface area contributed by atoms with E-state index >= 15 is 0 Å². The number of esters is 1. The Kier molecular flexibility index (Phi) is 5.69. The molecule has 0 aliphatic carbocycles. The Morgan fingerprint density at radius 1 is 1.39 bits per heavy atom.